The summed E-state index contributed by atoms with van der Waals surface area (Å²) in [5.41, 5.74) is 1.93. The van der Waals surface area contributed by atoms with Gasteiger partial charge in [0, 0.05) is 11.0 Å². The molecule has 0 spiro atoms. The number of carbonyl (C=O) groups excluding carboxylic acids is 1. The minimum Gasteiger partial charge on any atom is -0.306 e. The van der Waals surface area contributed by atoms with Crippen LogP contribution in [0.25, 0.3) is 0 Å². The van der Waals surface area contributed by atoms with Crippen LogP contribution in [0.2, 0.25) is 0 Å². The lowest BCUT2D eigenvalue weighted by Crippen LogP contribution is -2.29. The van der Waals surface area contributed by atoms with Crippen LogP contribution in [0.3, 0.4) is 0 Å². The third-order valence-corrected chi connectivity index (χ3v) is 4.04. The molecule has 1 aromatic rings. The molecule has 0 aliphatic carbocycles. The van der Waals surface area contributed by atoms with Crippen molar-refractivity contribution in [2.45, 2.75) is 39.5 Å². The average molecular weight is 259 g/mol. The highest BCUT2D eigenvalue weighted by Crippen LogP contribution is 2.28. The van der Waals surface area contributed by atoms with Crippen LogP contribution in [0.5, 0.6) is 0 Å². The summed E-state index contributed by atoms with van der Waals surface area (Å²) in [6, 6.07) is 8.30. The van der Waals surface area contributed by atoms with E-state index in [1.54, 1.807) is 0 Å². The minimum absolute atomic E-state index is 0.224. The fraction of sp³-hybridized carbons (Fsp3) is 0.588. The van der Waals surface area contributed by atoms with E-state index in [2.05, 4.69) is 24.1 Å². The standard InChI is InChI=1S/C17H25NO/c1-17(2,3)16(19)15-7-5-13(6-8-15)14-9-11-18(4)12-10-14/h5-8,14H,9-12H2,1-4H3. The van der Waals surface area contributed by atoms with E-state index in [9.17, 15) is 4.79 Å². The first-order valence-corrected chi connectivity index (χ1v) is 7.21. The highest BCUT2D eigenvalue weighted by atomic mass is 16.1. The van der Waals surface area contributed by atoms with Gasteiger partial charge < -0.3 is 4.90 Å². The first kappa shape index (κ1) is 14.3. The number of rotatable bonds is 2. The van der Waals surface area contributed by atoms with Crippen LogP contribution in [0.15, 0.2) is 24.3 Å². The van der Waals surface area contributed by atoms with E-state index in [0.717, 1.165) is 5.56 Å². The molecule has 1 saturated heterocycles. The lowest BCUT2D eigenvalue weighted by molar-refractivity contribution is 0.0858. The third-order valence-electron chi connectivity index (χ3n) is 4.04. The second kappa shape index (κ2) is 5.46. The predicted molar refractivity (Wildman–Crippen MR) is 79.7 cm³/mol. The van der Waals surface area contributed by atoms with Crippen molar-refractivity contribution in [3.05, 3.63) is 35.4 Å². The molecule has 0 bridgehead atoms. The monoisotopic (exact) mass is 259 g/mol. The lowest BCUT2D eigenvalue weighted by atomic mass is 9.84. The van der Waals surface area contributed by atoms with E-state index >= 15 is 0 Å². The maximum Gasteiger partial charge on any atom is 0.168 e. The highest BCUT2D eigenvalue weighted by molar-refractivity contribution is 5.99. The molecule has 2 rings (SSSR count). The summed E-state index contributed by atoms with van der Waals surface area (Å²) in [7, 11) is 2.18. The molecule has 2 heteroatoms. The number of hydrogen-bond acceptors (Lipinski definition) is 2. The van der Waals surface area contributed by atoms with E-state index in [4.69, 9.17) is 0 Å². The maximum absolute atomic E-state index is 12.2. The summed E-state index contributed by atoms with van der Waals surface area (Å²) >= 11 is 0. The van der Waals surface area contributed by atoms with Gasteiger partial charge >= 0.3 is 0 Å². The molecular formula is C17H25NO. The topological polar surface area (TPSA) is 20.3 Å². The zero-order valence-corrected chi connectivity index (χ0v) is 12.6. The molecule has 1 aliphatic heterocycles. The number of nitrogens with zero attached hydrogens (tertiary/aromatic N) is 1. The van der Waals surface area contributed by atoms with Gasteiger partial charge in [-0.15, -0.1) is 0 Å². The van der Waals surface area contributed by atoms with Gasteiger partial charge in [-0.05, 0) is 44.5 Å². The summed E-state index contributed by atoms with van der Waals surface area (Å²) < 4.78 is 0. The quantitative estimate of drug-likeness (QED) is 0.754. The summed E-state index contributed by atoms with van der Waals surface area (Å²) in [6.07, 6.45) is 2.45. The number of likely N-dealkylation sites (tertiary alicyclic amines) is 1. The number of benzene rings is 1. The summed E-state index contributed by atoms with van der Waals surface area (Å²) in [4.78, 5) is 14.6. The molecule has 0 aromatic heterocycles. The van der Waals surface area contributed by atoms with Gasteiger partial charge in [-0.3, -0.25) is 4.79 Å². The third kappa shape index (κ3) is 3.44. The molecule has 0 N–H and O–H groups in total. The minimum atomic E-state index is -0.297. The molecular weight excluding hydrogens is 234 g/mol. The summed E-state index contributed by atoms with van der Waals surface area (Å²) in [6.45, 7) is 8.27. The van der Waals surface area contributed by atoms with E-state index in [0.29, 0.717) is 5.92 Å². The molecule has 19 heavy (non-hydrogen) atoms. The van der Waals surface area contributed by atoms with Crippen LogP contribution >= 0.6 is 0 Å². The Kier molecular flexibility index (Phi) is 4.10. The van der Waals surface area contributed by atoms with E-state index in [1.807, 2.05) is 32.9 Å². The fourth-order valence-electron chi connectivity index (χ4n) is 2.68. The Morgan fingerprint density at radius 1 is 1.11 bits per heavy atom. The second-order valence-corrected chi connectivity index (χ2v) is 6.78. The summed E-state index contributed by atoms with van der Waals surface area (Å²) in [5.74, 6) is 0.886. The molecule has 0 saturated carbocycles. The molecule has 104 valence electrons. The number of piperidine rings is 1. The zero-order chi connectivity index (χ0) is 14.0. The second-order valence-electron chi connectivity index (χ2n) is 6.78. The van der Waals surface area contributed by atoms with Crippen LogP contribution in [-0.4, -0.2) is 30.8 Å². The van der Waals surface area contributed by atoms with E-state index in [1.165, 1.54) is 31.5 Å². The van der Waals surface area contributed by atoms with Gasteiger partial charge in [0.05, 0.1) is 0 Å². The predicted octanol–water partition coefficient (Wildman–Crippen LogP) is 3.72. The number of ketones is 1. The van der Waals surface area contributed by atoms with Crippen LogP contribution < -0.4 is 0 Å². The largest absolute Gasteiger partial charge is 0.306 e. The molecule has 1 aliphatic rings. The maximum atomic E-state index is 12.2. The Morgan fingerprint density at radius 2 is 1.63 bits per heavy atom. The van der Waals surface area contributed by atoms with E-state index < -0.39 is 0 Å². The van der Waals surface area contributed by atoms with Crippen molar-refractivity contribution >= 4 is 5.78 Å². The number of Topliss-reactive ketones (excluding diaryl/α,β-unsaturated/α-hetero) is 1. The van der Waals surface area contributed by atoms with Gasteiger partial charge in [-0.1, -0.05) is 45.0 Å². The Hall–Kier alpha value is -1.15. The molecule has 1 fully saturated rings. The van der Waals surface area contributed by atoms with Crippen molar-refractivity contribution in [3.8, 4) is 0 Å². The van der Waals surface area contributed by atoms with Crippen molar-refractivity contribution in [1.82, 2.24) is 4.90 Å². The smallest absolute Gasteiger partial charge is 0.168 e. The molecule has 2 nitrogen and oxygen atoms in total. The lowest BCUT2D eigenvalue weighted by Gasteiger charge is -2.29. The van der Waals surface area contributed by atoms with Gasteiger partial charge in [0.25, 0.3) is 0 Å². The van der Waals surface area contributed by atoms with Crippen molar-refractivity contribution in [2.75, 3.05) is 20.1 Å². The van der Waals surface area contributed by atoms with Crippen LogP contribution in [0.1, 0.15) is 55.5 Å². The van der Waals surface area contributed by atoms with Gasteiger partial charge in [0.1, 0.15) is 0 Å². The van der Waals surface area contributed by atoms with Crippen molar-refractivity contribution < 1.29 is 4.79 Å². The van der Waals surface area contributed by atoms with Crippen LogP contribution in [0.4, 0.5) is 0 Å². The zero-order valence-electron chi connectivity index (χ0n) is 12.6. The number of hydrogen-bond donors (Lipinski definition) is 0. The van der Waals surface area contributed by atoms with Gasteiger partial charge in [-0.25, -0.2) is 0 Å². The average Bonchev–Trinajstić information content (AvgIpc) is 2.38. The van der Waals surface area contributed by atoms with Gasteiger partial charge in [0.2, 0.25) is 0 Å². The highest BCUT2D eigenvalue weighted by Gasteiger charge is 2.23. The Labute approximate surface area is 116 Å². The molecule has 0 amide bonds. The normalized spacial score (nSPS) is 18.5. The molecule has 1 heterocycles. The first-order chi connectivity index (χ1) is 8.88. The summed E-state index contributed by atoms with van der Waals surface area (Å²) in [5, 5.41) is 0. The first-order valence-electron chi connectivity index (χ1n) is 7.21. The van der Waals surface area contributed by atoms with E-state index in [-0.39, 0.29) is 11.2 Å². The molecule has 0 unspecified atom stereocenters. The fourth-order valence-corrected chi connectivity index (χ4v) is 2.68. The SMILES string of the molecule is CN1CCC(c2ccc(C(=O)C(C)(C)C)cc2)CC1. The Morgan fingerprint density at radius 3 is 2.11 bits per heavy atom. The van der Waals surface area contributed by atoms with Crippen LogP contribution in [0, 0.1) is 5.41 Å². The Balaban J connectivity index is 2.09. The van der Waals surface area contributed by atoms with Crippen LogP contribution in [-0.2, 0) is 0 Å². The van der Waals surface area contributed by atoms with Crippen molar-refractivity contribution in [2.24, 2.45) is 5.41 Å². The van der Waals surface area contributed by atoms with Crippen molar-refractivity contribution in [1.29, 1.82) is 0 Å². The van der Waals surface area contributed by atoms with Gasteiger partial charge in [0.15, 0.2) is 5.78 Å². The molecule has 1 aromatic carbocycles. The Bertz CT molecular complexity index is 433. The molecule has 0 radical (unpaired) electrons. The van der Waals surface area contributed by atoms with Crippen molar-refractivity contribution in [3.63, 3.8) is 0 Å². The number of carbonyl (C=O) groups is 1. The van der Waals surface area contributed by atoms with Gasteiger partial charge in [-0.2, -0.15) is 0 Å². The molecule has 0 atom stereocenters.